The van der Waals surface area contributed by atoms with Crippen molar-refractivity contribution in [1.82, 2.24) is 73.5 Å². The minimum atomic E-state index is 0.820. The molecule has 0 fully saturated rings. The molecular weight excluding hydrogens is 1650 g/mol. The first-order valence-corrected chi connectivity index (χ1v) is 45.7. The molecule has 0 aliphatic rings. The van der Waals surface area contributed by atoms with Crippen LogP contribution in [0.5, 0.6) is 0 Å². The number of para-hydroxylation sites is 6. The highest BCUT2D eigenvalue weighted by Gasteiger charge is 2.25. The Morgan fingerprint density at radius 3 is 0.852 bits per heavy atom. The third-order valence-corrected chi connectivity index (χ3v) is 25.4. The first-order chi connectivity index (χ1) is 66.8. The Morgan fingerprint density at radius 2 is 0.504 bits per heavy atom. The fourth-order valence-electron chi connectivity index (χ4n) is 18.9. The van der Waals surface area contributed by atoms with Gasteiger partial charge in [-0.15, -0.1) is 0 Å². The van der Waals surface area contributed by atoms with E-state index in [2.05, 4.69) is 335 Å². The fourth-order valence-corrected chi connectivity index (χ4v) is 18.9. The molecule has 0 saturated heterocycles. The average molecular weight is 1740 g/mol. The molecule has 12 heterocycles. The molecule has 0 amide bonds. The van der Waals surface area contributed by atoms with E-state index in [1.54, 1.807) is 24.8 Å². The molecule has 0 bridgehead atoms. The summed E-state index contributed by atoms with van der Waals surface area (Å²) in [5.74, 6) is 3.09. The van der Waals surface area contributed by atoms with Crippen molar-refractivity contribution in [2.75, 3.05) is 0 Å². The molecule has 0 N–H and O–H groups in total. The Balaban J connectivity index is 0.000000114. The van der Waals surface area contributed by atoms with Crippen LogP contribution in [0.15, 0.2) is 425 Å². The minimum absolute atomic E-state index is 0.820. The molecule has 15 heteroatoms. The van der Waals surface area contributed by atoms with Crippen LogP contribution in [0, 0.1) is 0 Å². The molecule has 0 radical (unpaired) electrons. The van der Waals surface area contributed by atoms with E-state index in [1.807, 2.05) is 115 Å². The van der Waals surface area contributed by atoms with Gasteiger partial charge >= 0.3 is 0 Å². The number of pyridine rings is 9. The van der Waals surface area contributed by atoms with E-state index in [0.717, 1.165) is 264 Å². The maximum absolute atomic E-state index is 5.28. The van der Waals surface area contributed by atoms with Gasteiger partial charge < -0.3 is 0 Å². The van der Waals surface area contributed by atoms with Gasteiger partial charge in [0.25, 0.3) is 0 Å². The van der Waals surface area contributed by atoms with Crippen LogP contribution in [0.3, 0.4) is 0 Å². The van der Waals surface area contributed by atoms with Gasteiger partial charge in [0.2, 0.25) is 0 Å². The largest absolute Gasteiger partial charge is 0.296 e. The van der Waals surface area contributed by atoms with Crippen LogP contribution in [0.4, 0.5) is 0 Å². The lowest BCUT2D eigenvalue weighted by molar-refractivity contribution is 0.908. The third-order valence-electron chi connectivity index (χ3n) is 25.4. The third kappa shape index (κ3) is 15.3. The van der Waals surface area contributed by atoms with Gasteiger partial charge in [-0.1, -0.05) is 269 Å². The molecule has 25 rings (SSSR count). The summed E-state index contributed by atoms with van der Waals surface area (Å²) >= 11 is 0. The molecule has 25 aromatic rings. The summed E-state index contributed by atoms with van der Waals surface area (Å²) in [6.07, 6.45) is 11.5. The van der Waals surface area contributed by atoms with E-state index in [9.17, 15) is 0 Å². The molecule has 0 saturated carbocycles. The summed E-state index contributed by atoms with van der Waals surface area (Å²) < 4.78 is 6.83. The zero-order chi connectivity index (χ0) is 90.2. The number of hydrogen-bond donors (Lipinski definition) is 0. The summed E-state index contributed by atoms with van der Waals surface area (Å²) in [6.45, 7) is 6.49. The molecule has 0 aliphatic heterocycles. The predicted octanol–water partition coefficient (Wildman–Crippen LogP) is 28.9. The topological polar surface area (TPSA) is 169 Å². The van der Waals surface area contributed by atoms with Crippen molar-refractivity contribution in [2.24, 2.45) is 0 Å². The number of benzene rings is 13. The van der Waals surface area contributed by atoms with Gasteiger partial charge in [-0.25, -0.2) is 44.9 Å². The van der Waals surface area contributed by atoms with E-state index in [0.29, 0.717) is 0 Å². The SMILES string of the molecule is CCc1nc2c3c(-c4ccc(-c5ccc(-c6cccc(-c7ccccn7)n6)cc5)cc4)nc4ccccc4c3ccc2n1-c1ccccc1.CCc1nc2c3c(-c4ccc(-c5cccc(-c6cccnc6)n5)cc4)nc4ccccc4c3ccc2n1-c1ccccc1.CCc1nc2c3c(-c4ccc(-c5cccc(-c6ccncc6)n5)cc4)nc4ccccc4c3ccc2n1-c1ccccc1. The smallest absolute Gasteiger partial charge is 0.114 e. The van der Waals surface area contributed by atoms with E-state index in [4.69, 9.17) is 44.9 Å². The highest BCUT2D eigenvalue weighted by Crippen LogP contribution is 2.44. The Bertz CT molecular complexity index is 8410. The Kier molecular flexibility index (Phi) is 21.5. The highest BCUT2D eigenvalue weighted by atomic mass is 15.1. The summed E-state index contributed by atoms with van der Waals surface area (Å²) in [5.41, 5.74) is 32.2. The minimum Gasteiger partial charge on any atom is -0.296 e. The number of fused-ring (bicyclic) bond motifs is 15. The second-order valence-corrected chi connectivity index (χ2v) is 33.4. The molecule has 0 aliphatic carbocycles. The monoisotopic (exact) mass is 1740 g/mol. The Hall–Kier alpha value is -17.8. The van der Waals surface area contributed by atoms with E-state index >= 15 is 0 Å². The van der Waals surface area contributed by atoms with E-state index < -0.39 is 0 Å². The first kappa shape index (κ1) is 81.7. The van der Waals surface area contributed by atoms with Gasteiger partial charge in [-0.3, -0.25) is 28.7 Å². The molecular formula is C120H85N15. The van der Waals surface area contributed by atoms with Gasteiger partial charge in [-0.2, -0.15) is 0 Å². The number of rotatable bonds is 16. The quantitative estimate of drug-likeness (QED) is 0.0840. The molecule has 135 heavy (non-hydrogen) atoms. The maximum Gasteiger partial charge on any atom is 0.114 e. The molecule has 640 valence electrons. The lowest BCUT2D eigenvalue weighted by atomic mass is 9.96. The first-order valence-electron chi connectivity index (χ1n) is 45.7. The van der Waals surface area contributed by atoms with Crippen LogP contribution in [0.1, 0.15) is 38.2 Å². The molecule has 13 aromatic carbocycles. The van der Waals surface area contributed by atoms with Crippen molar-refractivity contribution < 1.29 is 0 Å². The summed E-state index contributed by atoms with van der Waals surface area (Å²) in [7, 11) is 0. The van der Waals surface area contributed by atoms with Gasteiger partial charge in [0.05, 0.1) is 107 Å². The van der Waals surface area contributed by atoms with Crippen molar-refractivity contribution in [2.45, 2.75) is 40.0 Å². The zero-order valence-electron chi connectivity index (χ0n) is 74.2. The normalized spacial score (nSPS) is 11.5. The number of nitrogens with zero attached hydrogens (tertiary/aromatic N) is 15. The summed E-state index contributed by atoms with van der Waals surface area (Å²) in [4.78, 5) is 59.1. The van der Waals surface area contributed by atoms with Crippen molar-refractivity contribution in [3.8, 4) is 130 Å². The number of imidazole rings is 3. The Labute approximate surface area is 779 Å². The Morgan fingerprint density at radius 1 is 0.193 bits per heavy atom. The second kappa shape index (κ2) is 35.6. The van der Waals surface area contributed by atoms with Crippen LogP contribution in [0.25, 0.3) is 228 Å². The molecule has 0 spiro atoms. The number of aryl methyl sites for hydroxylation is 3. The van der Waals surface area contributed by atoms with Crippen LogP contribution in [0.2, 0.25) is 0 Å². The lowest BCUT2D eigenvalue weighted by Gasteiger charge is -2.12. The van der Waals surface area contributed by atoms with Crippen molar-refractivity contribution in [1.29, 1.82) is 0 Å². The van der Waals surface area contributed by atoms with E-state index in [1.165, 1.54) is 0 Å². The van der Waals surface area contributed by atoms with Crippen molar-refractivity contribution >= 4 is 98.1 Å². The molecule has 0 atom stereocenters. The highest BCUT2D eigenvalue weighted by molar-refractivity contribution is 6.23. The van der Waals surface area contributed by atoms with Crippen LogP contribution >= 0.6 is 0 Å². The van der Waals surface area contributed by atoms with Gasteiger partial charge in [0.15, 0.2) is 0 Å². The number of hydrogen-bond acceptors (Lipinski definition) is 12. The van der Waals surface area contributed by atoms with Crippen LogP contribution in [-0.4, -0.2) is 73.5 Å². The number of aromatic nitrogens is 15. The zero-order valence-corrected chi connectivity index (χ0v) is 74.2. The summed E-state index contributed by atoms with van der Waals surface area (Å²) in [6, 6.07) is 137. The van der Waals surface area contributed by atoms with Crippen molar-refractivity contribution in [3.05, 3.63) is 443 Å². The van der Waals surface area contributed by atoms with Crippen LogP contribution < -0.4 is 0 Å². The molecule has 15 nitrogen and oxygen atoms in total. The van der Waals surface area contributed by atoms with Gasteiger partial charge in [-0.05, 0) is 173 Å². The van der Waals surface area contributed by atoms with Crippen LogP contribution in [-0.2, 0) is 19.3 Å². The van der Waals surface area contributed by atoms with Crippen molar-refractivity contribution in [3.63, 3.8) is 0 Å². The molecule has 0 unspecified atom stereocenters. The summed E-state index contributed by atoms with van der Waals surface area (Å²) in [5, 5.41) is 10.1. The molecule has 12 aromatic heterocycles. The second-order valence-electron chi connectivity index (χ2n) is 33.4. The maximum atomic E-state index is 5.28. The lowest BCUT2D eigenvalue weighted by Crippen LogP contribution is -1.99. The van der Waals surface area contributed by atoms with Gasteiger partial charge in [0, 0.05) is 144 Å². The van der Waals surface area contributed by atoms with E-state index in [-0.39, 0.29) is 0 Å². The predicted molar refractivity (Wildman–Crippen MR) is 551 cm³/mol. The van der Waals surface area contributed by atoms with Gasteiger partial charge in [0.1, 0.15) is 17.5 Å². The fraction of sp³-hybridized carbons (Fsp3) is 0.0500. The average Bonchev–Trinajstić information content (AvgIpc) is 1.61. The standard InChI is InChI=1S/C44H31N5.2C38H27N5/c1-2-41-48-44-40(49(41)33-11-4-3-5-12-33)27-26-35-34-13-6-7-14-37(34)47-43(42(35)44)32-24-20-30(21-25-32)29-18-22-31(23-19-29)36-16-10-17-39(46-36)38-15-8-9-28-45-38;1-2-35-42-38-34(43(35)28-11-4-3-5-12-28)22-21-30-29-13-6-7-14-33(29)41-37(36(30)38)26-19-17-25(18-20-26)31-15-8-16-32(40-31)27-10-9-23-39-24-27;1-2-35-42-38-34(43(35)28-9-4-3-5-10-28)20-19-30-29-11-6-7-12-33(29)41-37(36(30)38)27-17-15-25(16-18-27)31-13-8-14-32(40-31)26-21-23-39-24-22-26/h3-28H,2H2,1H3;2*3-24H,2H2,1H3.